The van der Waals surface area contributed by atoms with Crippen LogP contribution in [0.4, 0.5) is 5.13 Å². The first-order valence-electron chi connectivity index (χ1n) is 9.87. The predicted octanol–water partition coefficient (Wildman–Crippen LogP) is 3.76. The number of carbonyl (C=O) groups excluding carboxylic acids is 1. The van der Waals surface area contributed by atoms with Crippen molar-refractivity contribution < 1.29 is 4.79 Å². The molecule has 0 radical (unpaired) electrons. The van der Waals surface area contributed by atoms with Crippen LogP contribution in [0, 0.1) is 0 Å². The van der Waals surface area contributed by atoms with E-state index in [9.17, 15) is 4.79 Å². The minimum absolute atomic E-state index is 0.0557. The molecule has 1 saturated heterocycles. The van der Waals surface area contributed by atoms with Gasteiger partial charge in [-0.1, -0.05) is 36.5 Å². The van der Waals surface area contributed by atoms with Gasteiger partial charge < -0.3 is 9.80 Å². The third kappa shape index (κ3) is 3.42. The number of aromatic nitrogens is 3. The summed E-state index contributed by atoms with van der Waals surface area (Å²) in [6, 6.07) is 14.1. The molecule has 0 bridgehead atoms. The molecule has 0 N–H and O–H groups in total. The highest BCUT2D eigenvalue weighted by Crippen LogP contribution is 2.30. The van der Waals surface area contributed by atoms with Gasteiger partial charge in [-0.05, 0) is 36.2 Å². The number of fused-ring (bicyclic) bond motifs is 2. The Bertz CT molecular complexity index is 1200. The summed E-state index contributed by atoms with van der Waals surface area (Å²) < 4.78 is 1.23. The summed E-state index contributed by atoms with van der Waals surface area (Å²) in [5.41, 5.74) is 4.34. The van der Waals surface area contributed by atoms with E-state index in [-0.39, 0.29) is 5.91 Å². The van der Waals surface area contributed by atoms with E-state index in [1.807, 2.05) is 29.2 Å². The van der Waals surface area contributed by atoms with Crippen LogP contribution in [0.25, 0.3) is 21.3 Å². The van der Waals surface area contributed by atoms with E-state index in [0.29, 0.717) is 18.8 Å². The van der Waals surface area contributed by atoms with Gasteiger partial charge in [0.1, 0.15) is 5.69 Å². The van der Waals surface area contributed by atoms with E-state index in [0.717, 1.165) is 41.2 Å². The molecule has 1 aliphatic heterocycles. The normalized spacial score (nSPS) is 14.7. The molecule has 4 aromatic rings. The molecule has 29 heavy (non-hydrogen) atoms. The predicted molar refractivity (Wildman–Crippen MR) is 117 cm³/mol. The third-order valence-electron chi connectivity index (χ3n) is 5.35. The van der Waals surface area contributed by atoms with Crippen molar-refractivity contribution in [3.05, 3.63) is 59.9 Å². The van der Waals surface area contributed by atoms with Crippen molar-refractivity contribution in [2.45, 2.75) is 13.3 Å². The number of aryl methyl sites for hydroxylation is 1. The Morgan fingerprint density at radius 2 is 1.79 bits per heavy atom. The number of piperazine rings is 1. The van der Waals surface area contributed by atoms with Gasteiger partial charge in [0.25, 0.3) is 5.91 Å². The maximum Gasteiger partial charge on any atom is 0.274 e. The van der Waals surface area contributed by atoms with Crippen molar-refractivity contribution in [2.24, 2.45) is 0 Å². The van der Waals surface area contributed by atoms with E-state index in [1.54, 1.807) is 17.5 Å². The Morgan fingerprint density at radius 3 is 2.59 bits per heavy atom. The maximum absolute atomic E-state index is 12.9. The summed E-state index contributed by atoms with van der Waals surface area (Å²) in [5, 5.41) is 1.03. The molecular weight excluding hydrogens is 382 g/mol. The van der Waals surface area contributed by atoms with Crippen molar-refractivity contribution in [1.29, 1.82) is 0 Å². The van der Waals surface area contributed by atoms with Gasteiger partial charge >= 0.3 is 0 Å². The van der Waals surface area contributed by atoms with Crippen LogP contribution in [0.2, 0.25) is 0 Å². The lowest BCUT2D eigenvalue weighted by Gasteiger charge is -2.34. The Labute approximate surface area is 172 Å². The third-order valence-corrected chi connectivity index (χ3v) is 6.43. The zero-order valence-electron chi connectivity index (χ0n) is 16.2. The van der Waals surface area contributed by atoms with Gasteiger partial charge in [0.15, 0.2) is 5.13 Å². The fourth-order valence-corrected chi connectivity index (χ4v) is 4.72. The van der Waals surface area contributed by atoms with Gasteiger partial charge in [0.2, 0.25) is 0 Å². The van der Waals surface area contributed by atoms with Crippen molar-refractivity contribution >= 4 is 43.6 Å². The first-order chi connectivity index (χ1) is 14.2. The van der Waals surface area contributed by atoms with Crippen molar-refractivity contribution in [1.82, 2.24) is 19.9 Å². The summed E-state index contributed by atoms with van der Waals surface area (Å²) in [5.74, 6) is -0.0557. The second-order valence-electron chi connectivity index (χ2n) is 7.18. The summed E-state index contributed by atoms with van der Waals surface area (Å²) in [6.45, 7) is 5.02. The molecule has 1 fully saturated rings. The standard InChI is InChI=1S/C22H21N5OS/c1-2-15-7-8-18-20(13-15)29-22(25-18)27-11-9-26(10-12-27)21(28)19-14-23-16-5-3-4-6-17(16)24-19/h3-8,13-14H,2,9-12H2,1H3. The lowest BCUT2D eigenvalue weighted by molar-refractivity contribution is 0.0741. The zero-order chi connectivity index (χ0) is 19.8. The van der Waals surface area contributed by atoms with Gasteiger partial charge in [-0.15, -0.1) is 0 Å². The smallest absolute Gasteiger partial charge is 0.274 e. The number of thiazole rings is 1. The van der Waals surface area contributed by atoms with Crippen LogP contribution in [-0.4, -0.2) is 51.9 Å². The van der Waals surface area contributed by atoms with E-state index in [2.05, 4.69) is 40.0 Å². The average molecular weight is 404 g/mol. The summed E-state index contributed by atoms with van der Waals surface area (Å²) in [4.78, 5) is 30.7. The van der Waals surface area contributed by atoms with E-state index >= 15 is 0 Å². The number of carbonyl (C=O) groups is 1. The van der Waals surface area contributed by atoms with Crippen molar-refractivity contribution in [3.63, 3.8) is 0 Å². The van der Waals surface area contributed by atoms with E-state index < -0.39 is 0 Å². The molecule has 3 heterocycles. The number of rotatable bonds is 3. The number of amides is 1. The molecule has 2 aromatic heterocycles. The Kier molecular flexibility index (Phi) is 4.60. The highest BCUT2D eigenvalue weighted by atomic mass is 32.1. The second kappa shape index (κ2) is 7.40. The molecule has 1 aliphatic rings. The van der Waals surface area contributed by atoms with Crippen LogP contribution in [-0.2, 0) is 6.42 Å². The topological polar surface area (TPSA) is 62.2 Å². The number of hydrogen-bond donors (Lipinski definition) is 0. The Morgan fingerprint density at radius 1 is 1.00 bits per heavy atom. The molecule has 7 heteroatoms. The fraction of sp³-hybridized carbons (Fsp3) is 0.273. The Hall–Kier alpha value is -3.06. The molecule has 0 spiro atoms. The fourth-order valence-electron chi connectivity index (χ4n) is 3.64. The summed E-state index contributed by atoms with van der Waals surface area (Å²) in [6.07, 6.45) is 2.61. The lowest BCUT2D eigenvalue weighted by Crippen LogP contribution is -2.49. The SMILES string of the molecule is CCc1ccc2nc(N3CCN(C(=O)c4cnc5ccccc5n4)CC3)sc2c1. The van der Waals surface area contributed by atoms with Crippen LogP contribution in [0.5, 0.6) is 0 Å². The molecule has 6 nitrogen and oxygen atoms in total. The van der Waals surface area contributed by atoms with Gasteiger partial charge in [0, 0.05) is 26.2 Å². The van der Waals surface area contributed by atoms with Gasteiger partial charge in [0.05, 0.1) is 27.4 Å². The molecular formula is C22H21N5OS. The highest BCUT2D eigenvalue weighted by molar-refractivity contribution is 7.22. The number of para-hydroxylation sites is 2. The lowest BCUT2D eigenvalue weighted by atomic mass is 10.2. The number of anilines is 1. The minimum atomic E-state index is -0.0557. The van der Waals surface area contributed by atoms with E-state index in [1.165, 1.54) is 10.3 Å². The summed E-state index contributed by atoms with van der Waals surface area (Å²) >= 11 is 1.73. The molecule has 0 atom stereocenters. The van der Waals surface area contributed by atoms with Crippen LogP contribution in [0.15, 0.2) is 48.7 Å². The van der Waals surface area contributed by atoms with Gasteiger partial charge in [-0.3, -0.25) is 9.78 Å². The monoisotopic (exact) mass is 403 g/mol. The van der Waals surface area contributed by atoms with Crippen molar-refractivity contribution in [3.8, 4) is 0 Å². The molecule has 0 aliphatic carbocycles. The number of nitrogens with zero attached hydrogens (tertiary/aromatic N) is 5. The molecule has 146 valence electrons. The maximum atomic E-state index is 12.9. The largest absolute Gasteiger partial charge is 0.345 e. The zero-order valence-corrected chi connectivity index (χ0v) is 17.0. The van der Waals surface area contributed by atoms with Gasteiger partial charge in [-0.2, -0.15) is 0 Å². The van der Waals surface area contributed by atoms with Crippen LogP contribution >= 0.6 is 11.3 Å². The van der Waals surface area contributed by atoms with Crippen LogP contribution in [0.1, 0.15) is 23.0 Å². The number of hydrogen-bond acceptors (Lipinski definition) is 6. The van der Waals surface area contributed by atoms with Crippen LogP contribution in [0.3, 0.4) is 0 Å². The molecule has 0 saturated carbocycles. The number of benzene rings is 2. The molecule has 5 rings (SSSR count). The average Bonchev–Trinajstić information content (AvgIpc) is 3.21. The van der Waals surface area contributed by atoms with Crippen molar-refractivity contribution in [2.75, 3.05) is 31.1 Å². The first-order valence-corrected chi connectivity index (χ1v) is 10.7. The highest BCUT2D eigenvalue weighted by Gasteiger charge is 2.25. The molecule has 0 unspecified atom stereocenters. The first kappa shape index (κ1) is 18.0. The molecule has 1 amide bonds. The Balaban J connectivity index is 1.30. The van der Waals surface area contributed by atoms with Gasteiger partial charge in [-0.25, -0.2) is 9.97 Å². The van der Waals surface area contributed by atoms with E-state index in [4.69, 9.17) is 4.98 Å². The quantitative estimate of drug-likeness (QED) is 0.521. The summed E-state index contributed by atoms with van der Waals surface area (Å²) in [7, 11) is 0. The molecule has 2 aromatic carbocycles. The minimum Gasteiger partial charge on any atom is -0.345 e. The second-order valence-corrected chi connectivity index (χ2v) is 8.18. The van der Waals surface area contributed by atoms with Crippen LogP contribution < -0.4 is 4.90 Å².